The van der Waals surface area contributed by atoms with Crippen molar-refractivity contribution < 1.29 is 37.9 Å². The largest absolute Gasteiger partial charge is 0.469 e. The lowest BCUT2D eigenvalue weighted by atomic mass is 10.1. The molecule has 0 rings (SSSR count). The number of unbranched alkanes of at least 4 members (excludes halogenated alkanes) is 18. The SMILES string of the molecule is CCCCCC/C=C/CCCCCCCC(=O)O[C@H](COC(=O)CCCCC/C=C/CCCCCCCC)COP(=O)(O)O. The van der Waals surface area contributed by atoms with Crippen LogP contribution < -0.4 is 0 Å². The number of phosphoric ester groups is 1. The predicted octanol–water partition coefficient (Wildman–Crippen LogP) is 10.1. The summed E-state index contributed by atoms with van der Waals surface area (Å²) in [5, 5.41) is 0. The van der Waals surface area contributed by atoms with Crippen molar-refractivity contribution in [3.05, 3.63) is 24.3 Å². The summed E-state index contributed by atoms with van der Waals surface area (Å²) < 4.78 is 26.2. The zero-order valence-corrected chi connectivity index (χ0v) is 29.0. The molecule has 0 aromatic heterocycles. The molecule has 1 atom stereocenters. The van der Waals surface area contributed by atoms with Crippen LogP contribution >= 0.6 is 7.82 Å². The number of allylic oxidation sites excluding steroid dienone is 4. The van der Waals surface area contributed by atoms with Crippen LogP contribution in [0.3, 0.4) is 0 Å². The Hall–Kier alpha value is -1.47. The molecule has 44 heavy (non-hydrogen) atoms. The van der Waals surface area contributed by atoms with E-state index >= 15 is 0 Å². The highest BCUT2D eigenvalue weighted by Gasteiger charge is 2.22. The molecule has 0 unspecified atom stereocenters. The molecule has 0 bridgehead atoms. The van der Waals surface area contributed by atoms with Crippen molar-refractivity contribution >= 4 is 19.8 Å². The number of hydrogen-bond acceptors (Lipinski definition) is 6. The lowest BCUT2D eigenvalue weighted by Gasteiger charge is -2.18. The van der Waals surface area contributed by atoms with E-state index in [1.165, 1.54) is 70.6 Å². The molecule has 0 fully saturated rings. The van der Waals surface area contributed by atoms with Crippen LogP contribution in [0, 0.1) is 0 Å². The van der Waals surface area contributed by atoms with Gasteiger partial charge in [0.25, 0.3) is 0 Å². The van der Waals surface area contributed by atoms with E-state index in [4.69, 9.17) is 19.3 Å². The van der Waals surface area contributed by atoms with Crippen LogP contribution in [0.4, 0.5) is 0 Å². The highest BCUT2D eigenvalue weighted by molar-refractivity contribution is 7.46. The molecular formula is C35H65O8P. The second kappa shape index (κ2) is 31.5. The van der Waals surface area contributed by atoms with Crippen molar-refractivity contribution in [2.75, 3.05) is 13.2 Å². The van der Waals surface area contributed by atoms with Crippen LogP contribution in [0.1, 0.15) is 168 Å². The quantitative estimate of drug-likeness (QED) is 0.0321. The number of carbonyl (C=O) groups excluding carboxylic acids is 2. The molecule has 0 saturated carbocycles. The average Bonchev–Trinajstić information content (AvgIpc) is 2.98. The van der Waals surface area contributed by atoms with E-state index in [0.29, 0.717) is 12.8 Å². The van der Waals surface area contributed by atoms with Gasteiger partial charge in [0, 0.05) is 12.8 Å². The second-order valence-electron chi connectivity index (χ2n) is 11.8. The minimum atomic E-state index is -4.75. The fraction of sp³-hybridized carbons (Fsp3) is 0.829. The molecule has 0 amide bonds. The summed E-state index contributed by atoms with van der Waals surface area (Å²) in [7, 11) is -4.75. The third-order valence-electron chi connectivity index (χ3n) is 7.44. The Morgan fingerprint density at radius 1 is 0.568 bits per heavy atom. The van der Waals surface area contributed by atoms with Gasteiger partial charge in [-0.05, 0) is 64.2 Å². The third-order valence-corrected chi connectivity index (χ3v) is 7.93. The second-order valence-corrected chi connectivity index (χ2v) is 13.1. The van der Waals surface area contributed by atoms with Crippen molar-refractivity contribution in [3.8, 4) is 0 Å². The summed E-state index contributed by atoms with van der Waals surface area (Å²) in [5.41, 5.74) is 0. The summed E-state index contributed by atoms with van der Waals surface area (Å²) in [6, 6.07) is 0. The zero-order valence-electron chi connectivity index (χ0n) is 28.1. The molecule has 0 aromatic rings. The van der Waals surface area contributed by atoms with E-state index < -0.39 is 32.5 Å². The summed E-state index contributed by atoms with van der Waals surface area (Å²) in [5.74, 6) is -0.914. The fourth-order valence-electron chi connectivity index (χ4n) is 4.77. The molecule has 9 heteroatoms. The predicted molar refractivity (Wildman–Crippen MR) is 179 cm³/mol. The van der Waals surface area contributed by atoms with Gasteiger partial charge in [-0.15, -0.1) is 0 Å². The number of phosphoric acid groups is 1. The van der Waals surface area contributed by atoms with Gasteiger partial charge in [-0.2, -0.15) is 0 Å². The average molecular weight is 645 g/mol. The Morgan fingerprint density at radius 3 is 1.43 bits per heavy atom. The summed E-state index contributed by atoms with van der Waals surface area (Å²) in [4.78, 5) is 42.5. The van der Waals surface area contributed by atoms with E-state index in [1.54, 1.807) is 0 Å². The Kier molecular flexibility index (Phi) is 30.5. The van der Waals surface area contributed by atoms with Gasteiger partial charge in [-0.25, -0.2) is 4.57 Å². The minimum Gasteiger partial charge on any atom is -0.462 e. The fourth-order valence-corrected chi connectivity index (χ4v) is 5.13. The van der Waals surface area contributed by atoms with Gasteiger partial charge in [0.15, 0.2) is 6.10 Å². The van der Waals surface area contributed by atoms with Crippen molar-refractivity contribution in [3.63, 3.8) is 0 Å². The maximum atomic E-state index is 12.3. The van der Waals surface area contributed by atoms with Crippen molar-refractivity contribution in [1.29, 1.82) is 0 Å². The first kappa shape index (κ1) is 42.5. The van der Waals surface area contributed by atoms with E-state index in [9.17, 15) is 14.2 Å². The van der Waals surface area contributed by atoms with Crippen LogP contribution in [-0.2, 0) is 28.2 Å². The van der Waals surface area contributed by atoms with Crippen molar-refractivity contribution in [2.45, 2.75) is 174 Å². The van der Waals surface area contributed by atoms with E-state index in [-0.39, 0.29) is 19.4 Å². The molecule has 0 spiro atoms. The standard InChI is InChI=1S/C35H65O8P/c1-3-5-7-9-11-13-15-17-19-21-23-25-27-29-34(36)41-31-33(32-42-44(38,39)40)43-35(37)30-28-26-24-22-20-18-16-14-12-10-8-6-4-2/h14,16-17,19,33H,3-13,15,18,20-32H2,1-2H3,(H2,38,39,40)/b16-14+,19-17+/t33-/m1/s1. The lowest BCUT2D eigenvalue weighted by Crippen LogP contribution is -2.29. The number of rotatable bonds is 32. The van der Waals surface area contributed by atoms with Gasteiger partial charge in [-0.1, -0.05) is 115 Å². The first-order valence-electron chi connectivity index (χ1n) is 17.6. The maximum absolute atomic E-state index is 12.3. The Bertz CT molecular complexity index is 777. The third kappa shape index (κ3) is 33.4. The van der Waals surface area contributed by atoms with Crippen LogP contribution in [0.25, 0.3) is 0 Å². The molecule has 0 aliphatic rings. The minimum absolute atomic E-state index is 0.200. The molecule has 0 heterocycles. The highest BCUT2D eigenvalue weighted by atomic mass is 31.2. The number of carbonyl (C=O) groups is 2. The van der Waals surface area contributed by atoms with Gasteiger partial charge in [0.2, 0.25) is 0 Å². The molecule has 0 saturated heterocycles. The van der Waals surface area contributed by atoms with Gasteiger partial charge >= 0.3 is 19.8 Å². The molecule has 0 aromatic carbocycles. The summed E-state index contributed by atoms with van der Waals surface area (Å²) in [6.07, 6.45) is 33.3. The first-order chi connectivity index (χ1) is 21.3. The van der Waals surface area contributed by atoms with Crippen LogP contribution in [0.15, 0.2) is 24.3 Å². The molecule has 8 nitrogen and oxygen atoms in total. The smallest absolute Gasteiger partial charge is 0.462 e. The first-order valence-corrected chi connectivity index (χ1v) is 19.2. The number of ether oxygens (including phenoxy) is 2. The van der Waals surface area contributed by atoms with Gasteiger partial charge in [0.1, 0.15) is 6.61 Å². The monoisotopic (exact) mass is 644 g/mol. The zero-order chi connectivity index (χ0) is 32.6. The van der Waals surface area contributed by atoms with Crippen LogP contribution in [-0.4, -0.2) is 41.0 Å². The Balaban J connectivity index is 4.03. The number of esters is 2. The lowest BCUT2D eigenvalue weighted by molar-refractivity contribution is -0.161. The molecule has 0 aliphatic carbocycles. The molecule has 0 radical (unpaired) electrons. The molecule has 0 aliphatic heterocycles. The van der Waals surface area contributed by atoms with E-state index in [2.05, 4.69) is 42.7 Å². The molecule has 258 valence electrons. The Morgan fingerprint density at radius 2 is 0.955 bits per heavy atom. The molecular weight excluding hydrogens is 579 g/mol. The normalized spacial score (nSPS) is 12.7. The maximum Gasteiger partial charge on any atom is 0.469 e. The summed E-state index contributed by atoms with van der Waals surface area (Å²) >= 11 is 0. The van der Waals surface area contributed by atoms with E-state index in [0.717, 1.165) is 57.8 Å². The topological polar surface area (TPSA) is 119 Å². The summed E-state index contributed by atoms with van der Waals surface area (Å²) in [6.45, 7) is 3.62. The van der Waals surface area contributed by atoms with E-state index in [1.807, 2.05) is 0 Å². The van der Waals surface area contributed by atoms with Gasteiger partial charge < -0.3 is 19.3 Å². The van der Waals surface area contributed by atoms with Crippen molar-refractivity contribution in [1.82, 2.24) is 0 Å². The van der Waals surface area contributed by atoms with Crippen molar-refractivity contribution in [2.24, 2.45) is 0 Å². The van der Waals surface area contributed by atoms with Gasteiger partial charge in [-0.3, -0.25) is 14.1 Å². The Labute approximate surface area is 269 Å². The van der Waals surface area contributed by atoms with Crippen LogP contribution in [0.5, 0.6) is 0 Å². The van der Waals surface area contributed by atoms with Gasteiger partial charge in [0.05, 0.1) is 6.61 Å². The highest BCUT2D eigenvalue weighted by Crippen LogP contribution is 2.35. The molecule has 2 N–H and O–H groups in total. The van der Waals surface area contributed by atoms with Crippen LogP contribution in [0.2, 0.25) is 0 Å². The number of hydrogen-bond donors (Lipinski definition) is 2.